The van der Waals surface area contributed by atoms with Crippen molar-refractivity contribution < 1.29 is 14.5 Å². The first-order valence-corrected chi connectivity index (χ1v) is 7.31. The van der Waals surface area contributed by atoms with Crippen LogP contribution in [0, 0.1) is 24.0 Å². The molecule has 0 saturated heterocycles. The molecule has 2 heterocycles. The quantitative estimate of drug-likeness (QED) is 0.417. The second-order valence-corrected chi connectivity index (χ2v) is 5.51. The van der Waals surface area contributed by atoms with Crippen LogP contribution < -0.4 is 0 Å². The van der Waals surface area contributed by atoms with Gasteiger partial charge in [0.15, 0.2) is 0 Å². The number of nitrogens with zero attached hydrogens (tertiary/aromatic N) is 3. The molecule has 7 nitrogen and oxygen atoms in total. The van der Waals surface area contributed by atoms with Crippen LogP contribution in [-0.4, -0.2) is 20.3 Å². The number of imidazole rings is 1. The number of carbonyl (C=O) groups excluding carboxylic acids is 1. The second kappa shape index (κ2) is 6.11. The van der Waals surface area contributed by atoms with E-state index >= 15 is 0 Å². The fourth-order valence-corrected chi connectivity index (χ4v) is 2.51. The zero-order valence-electron chi connectivity index (χ0n) is 13.2. The number of ether oxygens (including phenoxy) is 1. The molecular formula is C17H15N3O4. The molecule has 0 atom stereocenters. The van der Waals surface area contributed by atoms with Crippen LogP contribution in [0.25, 0.3) is 5.65 Å². The predicted octanol–water partition coefficient (Wildman–Crippen LogP) is 3.22. The summed E-state index contributed by atoms with van der Waals surface area (Å²) in [5.41, 5.74) is 2.53. The molecule has 3 rings (SSSR count). The molecule has 24 heavy (non-hydrogen) atoms. The van der Waals surface area contributed by atoms with Gasteiger partial charge in [-0.05, 0) is 31.5 Å². The van der Waals surface area contributed by atoms with Gasteiger partial charge in [-0.3, -0.25) is 10.1 Å². The Balaban J connectivity index is 1.80. The third kappa shape index (κ3) is 2.96. The van der Waals surface area contributed by atoms with E-state index in [2.05, 4.69) is 4.98 Å². The van der Waals surface area contributed by atoms with Crippen LogP contribution in [-0.2, 0) is 11.3 Å². The number of rotatable bonds is 4. The number of nitro groups is 1. The molecule has 0 aliphatic heterocycles. The maximum absolute atomic E-state index is 12.2. The molecular weight excluding hydrogens is 310 g/mol. The van der Waals surface area contributed by atoms with Gasteiger partial charge in [0, 0.05) is 18.0 Å². The van der Waals surface area contributed by atoms with Gasteiger partial charge in [-0.25, -0.2) is 9.78 Å². The van der Waals surface area contributed by atoms with Crippen LogP contribution >= 0.6 is 0 Å². The highest BCUT2D eigenvalue weighted by molar-refractivity contribution is 5.94. The summed E-state index contributed by atoms with van der Waals surface area (Å²) >= 11 is 0. The van der Waals surface area contributed by atoms with Crippen LogP contribution in [0.3, 0.4) is 0 Å². The first-order chi connectivity index (χ1) is 11.5. The van der Waals surface area contributed by atoms with Crippen molar-refractivity contribution in [2.75, 3.05) is 0 Å². The zero-order chi connectivity index (χ0) is 17.3. The lowest BCUT2D eigenvalue weighted by atomic mass is 10.1. The lowest BCUT2D eigenvalue weighted by Crippen LogP contribution is -2.09. The summed E-state index contributed by atoms with van der Waals surface area (Å²) < 4.78 is 7.04. The summed E-state index contributed by atoms with van der Waals surface area (Å²) in [6.07, 6.45) is 3.68. The molecule has 0 saturated carbocycles. The number of esters is 1. The summed E-state index contributed by atoms with van der Waals surface area (Å²) in [4.78, 5) is 27.1. The number of benzene rings is 1. The molecule has 0 bridgehead atoms. The van der Waals surface area contributed by atoms with Crippen molar-refractivity contribution in [3.63, 3.8) is 0 Å². The first kappa shape index (κ1) is 15.7. The Morgan fingerprint density at radius 3 is 2.79 bits per heavy atom. The van der Waals surface area contributed by atoms with Gasteiger partial charge in [0.2, 0.25) is 0 Å². The number of nitro benzene ring substituents is 1. The topological polar surface area (TPSA) is 86.7 Å². The van der Waals surface area contributed by atoms with Crippen molar-refractivity contribution in [1.29, 1.82) is 0 Å². The Labute approximate surface area is 137 Å². The van der Waals surface area contributed by atoms with Crippen LogP contribution in [0.4, 0.5) is 5.69 Å². The van der Waals surface area contributed by atoms with E-state index in [9.17, 15) is 14.9 Å². The molecule has 2 aromatic heterocycles. The third-order valence-corrected chi connectivity index (χ3v) is 3.64. The van der Waals surface area contributed by atoms with Gasteiger partial charge in [0.25, 0.3) is 5.69 Å². The van der Waals surface area contributed by atoms with Crippen molar-refractivity contribution in [2.45, 2.75) is 20.5 Å². The molecule has 0 spiro atoms. The van der Waals surface area contributed by atoms with Crippen LogP contribution in [0.15, 0.2) is 42.7 Å². The van der Waals surface area contributed by atoms with Crippen molar-refractivity contribution in [3.8, 4) is 0 Å². The molecule has 7 heteroatoms. The van der Waals surface area contributed by atoms with Gasteiger partial charge in [0.1, 0.15) is 17.8 Å². The van der Waals surface area contributed by atoms with E-state index in [-0.39, 0.29) is 17.9 Å². The number of hydrogen-bond acceptors (Lipinski definition) is 5. The number of carbonyl (C=O) groups is 1. The largest absolute Gasteiger partial charge is 0.455 e. The number of pyridine rings is 1. The lowest BCUT2D eigenvalue weighted by molar-refractivity contribution is -0.385. The predicted molar refractivity (Wildman–Crippen MR) is 86.9 cm³/mol. The molecule has 1 aromatic carbocycles. The minimum absolute atomic E-state index is 0.0509. The van der Waals surface area contributed by atoms with Crippen molar-refractivity contribution in [1.82, 2.24) is 9.38 Å². The molecule has 3 aromatic rings. The number of hydrogen-bond donors (Lipinski definition) is 0. The fourth-order valence-electron chi connectivity index (χ4n) is 2.51. The summed E-state index contributed by atoms with van der Waals surface area (Å²) in [7, 11) is 0. The molecule has 0 aliphatic carbocycles. The molecule has 0 radical (unpaired) electrons. The minimum Gasteiger partial charge on any atom is -0.455 e. The van der Waals surface area contributed by atoms with Gasteiger partial charge in [-0.1, -0.05) is 18.2 Å². The smallest absolute Gasteiger partial charge is 0.345 e. The monoisotopic (exact) mass is 325 g/mol. The van der Waals surface area contributed by atoms with E-state index in [1.165, 1.54) is 6.07 Å². The van der Waals surface area contributed by atoms with Crippen molar-refractivity contribution in [2.24, 2.45) is 0 Å². The van der Waals surface area contributed by atoms with Gasteiger partial charge < -0.3 is 9.14 Å². The van der Waals surface area contributed by atoms with Gasteiger partial charge >= 0.3 is 5.97 Å². The number of para-hydroxylation sites is 1. The highest BCUT2D eigenvalue weighted by atomic mass is 16.6. The third-order valence-electron chi connectivity index (χ3n) is 3.64. The van der Waals surface area contributed by atoms with Crippen LogP contribution in [0.5, 0.6) is 0 Å². The second-order valence-electron chi connectivity index (χ2n) is 5.51. The van der Waals surface area contributed by atoms with E-state index in [4.69, 9.17) is 4.74 Å². The Bertz CT molecular complexity index is 946. The first-order valence-electron chi connectivity index (χ1n) is 7.31. The van der Waals surface area contributed by atoms with E-state index in [0.717, 1.165) is 11.2 Å². The maximum atomic E-state index is 12.2. The Morgan fingerprint density at radius 2 is 2.04 bits per heavy atom. The molecule has 0 fully saturated rings. The molecule has 0 aliphatic rings. The van der Waals surface area contributed by atoms with Gasteiger partial charge in [-0.15, -0.1) is 0 Å². The number of aromatic nitrogens is 2. The van der Waals surface area contributed by atoms with Crippen LogP contribution in [0.1, 0.15) is 27.2 Å². The number of fused-ring (bicyclic) bond motifs is 1. The molecule has 0 amide bonds. The maximum Gasteiger partial charge on any atom is 0.345 e. The Hall–Kier alpha value is -3.22. The van der Waals surface area contributed by atoms with Crippen LogP contribution in [0.2, 0.25) is 0 Å². The standard InChI is InChI=1S/C17H15N3O4/c1-11-6-7-15-18-13(9-19(15)8-11)10-24-17(21)14-5-3-4-12(2)16(14)20(22)23/h3-9H,10H2,1-2H3. The highest BCUT2D eigenvalue weighted by Crippen LogP contribution is 2.24. The average Bonchev–Trinajstić information content (AvgIpc) is 2.93. The zero-order valence-corrected chi connectivity index (χ0v) is 13.2. The SMILES string of the molecule is Cc1ccc2nc(COC(=O)c3cccc(C)c3[N+](=O)[O-])cn2c1. The highest BCUT2D eigenvalue weighted by Gasteiger charge is 2.23. The van der Waals surface area contributed by atoms with Crippen molar-refractivity contribution >= 4 is 17.3 Å². The van der Waals surface area contributed by atoms with E-state index < -0.39 is 10.9 Å². The molecule has 122 valence electrons. The van der Waals surface area contributed by atoms with Gasteiger partial charge in [0.05, 0.1) is 10.6 Å². The average molecular weight is 325 g/mol. The number of aryl methyl sites for hydroxylation is 2. The van der Waals surface area contributed by atoms with E-state index in [0.29, 0.717) is 11.3 Å². The Morgan fingerprint density at radius 1 is 1.25 bits per heavy atom. The summed E-state index contributed by atoms with van der Waals surface area (Å²) in [5.74, 6) is -0.737. The fraction of sp³-hybridized carbons (Fsp3) is 0.176. The summed E-state index contributed by atoms with van der Waals surface area (Å²) in [6.45, 7) is 3.50. The minimum atomic E-state index is -0.737. The normalized spacial score (nSPS) is 10.8. The summed E-state index contributed by atoms with van der Waals surface area (Å²) in [6, 6.07) is 8.37. The molecule has 0 N–H and O–H groups in total. The Kier molecular flexibility index (Phi) is 3.99. The lowest BCUT2D eigenvalue weighted by Gasteiger charge is -2.05. The van der Waals surface area contributed by atoms with E-state index in [1.54, 1.807) is 25.3 Å². The summed E-state index contributed by atoms with van der Waals surface area (Å²) in [5, 5.41) is 11.2. The van der Waals surface area contributed by atoms with Crippen molar-refractivity contribution in [3.05, 3.63) is 75.2 Å². The van der Waals surface area contributed by atoms with E-state index in [1.807, 2.05) is 29.7 Å². The molecule has 0 unspecified atom stereocenters. The van der Waals surface area contributed by atoms with Gasteiger partial charge in [-0.2, -0.15) is 0 Å².